The van der Waals surface area contributed by atoms with Crippen molar-refractivity contribution in [3.05, 3.63) is 53.5 Å². The van der Waals surface area contributed by atoms with Gasteiger partial charge in [0, 0.05) is 12.6 Å². The Morgan fingerprint density at radius 1 is 1.32 bits per heavy atom. The van der Waals surface area contributed by atoms with Crippen molar-refractivity contribution in [1.29, 1.82) is 5.26 Å². The van der Waals surface area contributed by atoms with E-state index >= 15 is 0 Å². The predicted molar refractivity (Wildman–Crippen MR) is 70.0 cm³/mol. The first-order chi connectivity index (χ1) is 9.15. The highest BCUT2D eigenvalue weighted by atomic mass is 19.1. The van der Waals surface area contributed by atoms with Crippen LogP contribution in [-0.2, 0) is 0 Å². The highest BCUT2D eigenvalue weighted by Crippen LogP contribution is 2.26. The Labute approximate surface area is 111 Å². The molecule has 1 aromatic heterocycles. The topological polar surface area (TPSA) is 52.8 Å². The molecule has 19 heavy (non-hydrogen) atoms. The third-order valence-electron chi connectivity index (χ3n) is 3.09. The van der Waals surface area contributed by atoms with Gasteiger partial charge in [0.05, 0.1) is 17.8 Å². The van der Waals surface area contributed by atoms with Crippen molar-refractivity contribution < 1.29 is 4.39 Å². The van der Waals surface area contributed by atoms with Crippen LogP contribution in [0.4, 0.5) is 10.2 Å². The lowest BCUT2D eigenvalue weighted by Crippen LogP contribution is -2.24. The van der Waals surface area contributed by atoms with E-state index in [1.54, 1.807) is 36.2 Å². The Balaban J connectivity index is 2.37. The zero-order chi connectivity index (χ0) is 13.8. The van der Waals surface area contributed by atoms with Crippen LogP contribution in [0.25, 0.3) is 0 Å². The number of benzene rings is 1. The van der Waals surface area contributed by atoms with Gasteiger partial charge in [0.1, 0.15) is 11.9 Å². The SMILES string of the molecule is CC(c1ccccc1F)N(C)c1nnccc1C#N. The summed E-state index contributed by atoms with van der Waals surface area (Å²) in [5.41, 5.74) is 0.972. The Morgan fingerprint density at radius 2 is 2.05 bits per heavy atom. The first kappa shape index (κ1) is 13.0. The summed E-state index contributed by atoms with van der Waals surface area (Å²) < 4.78 is 13.8. The minimum atomic E-state index is -0.274. The molecule has 0 aliphatic rings. The Kier molecular flexibility index (Phi) is 3.71. The molecule has 0 spiro atoms. The lowest BCUT2D eigenvalue weighted by molar-refractivity contribution is 0.583. The van der Waals surface area contributed by atoms with Gasteiger partial charge in [-0.15, -0.1) is 5.10 Å². The van der Waals surface area contributed by atoms with Crippen LogP contribution in [0.5, 0.6) is 0 Å². The third kappa shape index (κ3) is 2.52. The van der Waals surface area contributed by atoms with Crippen LogP contribution < -0.4 is 4.90 Å². The molecule has 0 amide bonds. The summed E-state index contributed by atoms with van der Waals surface area (Å²) in [5.74, 6) is 0.171. The number of nitrogens with zero attached hydrogens (tertiary/aromatic N) is 4. The molecule has 0 saturated heterocycles. The first-order valence-corrected chi connectivity index (χ1v) is 5.84. The molecule has 1 atom stereocenters. The predicted octanol–water partition coefficient (Wildman–Crippen LogP) is 2.68. The van der Waals surface area contributed by atoms with E-state index in [9.17, 15) is 4.39 Å². The van der Waals surface area contributed by atoms with Crippen molar-refractivity contribution in [3.63, 3.8) is 0 Å². The zero-order valence-corrected chi connectivity index (χ0v) is 10.7. The monoisotopic (exact) mass is 256 g/mol. The Morgan fingerprint density at radius 3 is 2.74 bits per heavy atom. The average Bonchev–Trinajstić information content (AvgIpc) is 2.46. The molecule has 0 bridgehead atoms. The molecule has 0 fully saturated rings. The van der Waals surface area contributed by atoms with Gasteiger partial charge in [-0.05, 0) is 19.1 Å². The molecule has 1 heterocycles. The number of hydrogen-bond acceptors (Lipinski definition) is 4. The molecule has 2 rings (SSSR count). The van der Waals surface area contributed by atoms with Crippen LogP contribution in [0, 0.1) is 17.1 Å². The van der Waals surface area contributed by atoms with Crippen molar-refractivity contribution in [2.24, 2.45) is 0 Å². The maximum atomic E-state index is 13.8. The number of anilines is 1. The lowest BCUT2D eigenvalue weighted by atomic mass is 10.1. The maximum Gasteiger partial charge on any atom is 0.169 e. The number of rotatable bonds is 3. The summed E-state index contributed by atoms with van der Waals surface area (Å²) in [5, 5.41) is 16.8. The molecule has 0 saturated carbocycles. The van der Waals surface area contributed by atoms with E-state index in [-0.39, 0.29) is 11.9 Å². The van der Waals surface area contributed by atoms with Crippen LogP contribution in [0.15, 0.2) is 36.5 Å². The van der Waals surface area contributed by atoms with Crippen molar-refractivity contribution in [3.8, 4) is 6.07 Å². The highest BCUT2D eigenvalue weighted by molar-refractivity contribution is 5.53. The zero-order valence-electron chi connectivity index (χ0n) is 10.7. The first-order valence-electron chi connectivity index (χ1n) is 5.84. The van der Waals surface area contributed by atoms with Crippen LogP contribution in [0.3, 0.4) is 0 Å². The summed E-state index contributed by atoms with van der Waals surface area (Å²) in [6.45, 7) is 1.86. The Bertz CT molecular complexity index is 621. The van der Waals surface area contributed by atoms with Crippen LogP contribution in [0.1, 0.15) is 24.1 Å². The number of aromatic nitrogens is 2. The van der Waals surface area contributed by atoms with E-state index in [0.29, 0.717) is 16.9 Å². The van der Waals surface area contributed by atoms with Gasteiger partial charge in [-0.3, -0.25) is 0 Å². The minimum Gasteiger partial charge on any atom is -0.350 e. The summed E-state index contributed by atoms with van der Waals surface area (Å²) in [7, 11) is 1.77. The largest absolute Gasteiger partial charge is 0.350 e. The van der Waals surface area contributed by atoms with E-state index in [4.69, 9.17) is 5.26 Å². The van der Waals surface area contributed by atoms with E-state index in [1.165, 1.54) is 12.3 Å². The van der Waals surface area contributed by atoms with Crippen LogP contribution >= 0.6 is 0 Å². The summed E-state index contributed by atoms with van der Waals surface area (Å²) in [6.07, 6.45) is 1.46. The second kappa shape index (κ2) is 5.44. The van der Waals surface area contributed by atoms with Gasteiger partial charge in [-0.1, -0.05) is 18.2 Å². The standard InChI is InChI=1S/C14H13FN4/c1-10(12-5-3-4-6-13(12)15)19(2)14-11(9-16)7-8-17-18-14/h3-8,10H,1-2H3. The average molecular weight is 256 g/mol. The molecule has 0 radical (unpaired) electrons. The quantitative estimate of drug-likeness (QED) is 0.847. The van der Waals surface area contributed by atoms with Gasteiger partial charge in [0.15, 0.2) is 5.82 Å². The minimum absolute atomic E-state index is 0.245. The van der Waals surface area contributed by atoms with Gasteiger partial charge in [-0.25, -0.2) is 4.39 Å². The molecule has 1 aromatic carbocycles. The molecular weight excluding hydrogens is 243 g/mol. The van der Waals surface area contributed by atoms with Crippen LogP contribution in [0.2, 0.25) is 0 Å². The van der Waals surface area contributed by atoms with E-state index < -0.39 is 0 Å². The molecule has 0 aliphatic carbocycles. The smallest absolute Gasteiger partial charge is 0.169 e. The summed E-state index contributed by atoms with van der Waals surface area (Å²) in [6, 6.07) is 9.97. The van der Waals surface area contributed by atoms with Gasteiger partial charge < -0.3 is 4.90 Å². The maximum absolute atomic E-state index is 13.8. The number of halogens is 1. The van der Waals surface area contributed by atoms with Gasteiger partial charge in [-0.2, -0.15) is 10.4 Å². The number of nitriles is 1. The molecular formula is C14H13FN4. The molecule has 0 aliphatic heterocycles. The van der Waals surface area contributed by atoms with E-state index in [2.05, 4.69) is 16.3 Å². The molecule has 0 N–H and O–H groups in total. The van der Waals surface area contributed by atoms with Crippen molar-refractivity contribution in [1.82, 2.24) is 10.2 Å². The second-order valence-corrected chi connectivity index (χ2v) is 4.19. The molecule has 4 nitrogen and oxygen atoms in total. The summed E-state index contributed by atoms with van der Waals surface area (Å²) in [4.78, 5) is 1.74. The summed E-state index contributed by atoms with van der Waals surface area (Å²) >= 11 is 0. The fourth-order valence-electron chi connectivity index (χ4n) is 1.88. The van der Waals surface area contributed by atoms with Crippen molar-refractivity contribution in [2.75, 3.05) is 11.9 Å². The molecule has 96 valence electrons. The second-order valence-electron chi connectivity index (χ2n) is 4.19. The van der Waals surface area contributed by atoms with Crippen LogP contribution in [-0.4, -0.2) is 17.2 Å². The van der Waals surface area contributed by atoms with Gasteiger partial charge in [0.25, 0.3) is 0 Å². The van der Waals surface area contributed by atoms with Crippen molar-refractivity contribution in [2.45, 2.75) is 13.0 Å². The van der Waals surface area contributed by atoms with Gasteiger partial charge in [0.2, 0.25) is 0 Å². The van der Waals surface area contributed by atoms with E-state index in [0.717, 1.165) is 0 Å². The fourth-order valence-corrected chi connectivity index (χ4v) is 1.88. The third-order valence-corrected chi connectivity index (χ3v) is 3.09. The van der Waals surface area contributed by atoms with E-state index in [1.807, 2.05) is 6.92 Å². The molecule has 2 aromatic rings. The lowest BCUT2D eigenvalue weighted by Gasteiger charge is -2.26. The molecule has 1 unspecified atom stereocenters. The Hall–Kier alpha value is -2.48. The van der Waals surface area contributed by atoms with Crippen molar-refractivity contribution >= 4 is 5.82 Å². The number of hydrogen-bond donors (Lipinski definition) is 0. The fraction of sp³-hybridized carbons (Fsp3) is 0.214. The molecule has 5 heteroatoms. The van der Waals surface area contributed by atoms with Gasteiger partial charge >= 0.3 is 0 Å². The normalized spacial score (nSPS) is 11.7. The highest BCUT2D eigenvalue weighted by Gasteiger charge is 2.19.